The van der Waals surface area contributed by atoms with Gasteiger partial charge in [0, 0.05) is 5.02 Å². The molecule has 0 aliphatic rings. The Morgan fingerprint density at radius 3 is 1.62 bits per heavy atom. The molecular formula is C11H19ClO. The summed E-state index contributed by atoms with van der Waals surface area (Å²) in [6.07, 6.45) is 0. The van der Waals surface area contributed by atoms with Gasteiger partial charge in [0.05, 0.1) is 7.11 Å². The van der Waals surface area contributed by atoms with E-state index in [0.29, 0.717) is 0 Å². The van der Waals surface area contributed by atoms with Crippen LogP contribution in [-0.4, -0.2) is 7.11 Å². The van der Waals surface area contributed by atoms with Gasteiger partial charge < -0.3 is 4.74 Å². The zero-order valence-electron chi connectivity index (χ0n) is 9.10. The Bertz CT molecular complexity index is 182. The van der Waals surface area contributed by atoms with Crippen molar-refractivity contribution in [3.05, 3.63) is 29.3 Å². The van der Waals surface area contributed by atoms with Crippen molar-refractivity contribution in [1.82, 2.24) is 0 Å². The average Bonchev–Trinajstić information content (AvgIpc) is 2.25. The van der Waals surface area contributed by atoms with Crippen molar-refractivity contribution < 1.29 is 4.74 Å². The third kappa shape index (κ3) is 7.66. The molecule has 76 valence electrons. The lowest BCUT2D eigenvalue weighted by Gasteiger charge is -1.96. The topological polar surface area (TPSA) is 9.23 Å². The van der Waals surface area contributed by atoms with E-state index in [1.807, 2.05) is 39.8 Å². The van der Waals surface area contributed by atoms with Gasteiger partial charge >= 0.3 is 0 Å². The van der Waals surface area contributed by atoms with Crippen LogP contribution in [0.15, 0.2) is 24.3 Å². The van der Waals surface area contributed by atoms with Crippen molar-refractivity contribution in [2.75, 3.05) is 7.11 Å². The first-order chi connectivity index (χ1) is 6.33. The van der Waals surface area contributed by atoms with Crippen molar-refractivity contribution in [2.24, 2.45) is 0 Å². The monoisotopic (exact) mass is 202 g/mol. The molecule has 1 nitrogen and oxygen atoms in total. The number of ether oxygens (including phenoxy) is 1. The maximum atomic E-state index is 5.61. The summed E-state index contributed by atoms with van der Waals surface area (Å²) in [6.45, 7) is 8.00. The number of halogens is 1. The Kier molecular flexibility index (Phi) is 12.9. The summed E-state index contributed by atoms with van der Waals surface area (Å²) in [5.41, 5.74) is 0. The molecule has 1 rings (SSSR count). The average molecular weight is 203 g/mol. The van der Waals surface area contributed by atoms with Gasteiger partial charge in [-0.15, -0.1) is 0 Å². The minimum absolute atomic E-state index is 0.732. The molecule has 0 saturated heterocycles. The van der Waals surface area contributed by atoms with Crippen LogP contribution in [0, 0.1) is 0 Å². The van der Waals surface area contributed by atoms with Crippen molar-refractivity contribution >= 4 is 11.6 Å². The standard InChI is InChI=1S/C7H7ClO.2C2H6/c1-9-7-4-2-6(8)3-5-7;2*1-2/h2-5H,1H3;2*1-2H3. The largest absolute Gasteiger partial charge is 0.497 e. The molecule has 0 unspecified atom stereocenters. The highest BCUT2D eigenvalue weighted by Gasteiger charge is 1.87. The van der Waals surface area contributed by atoms with Crippen LogP contribution >= 0.6 is 11.6 Å². The highest BCUT2D eigenvalue weighted by atomic mass is 35.5. The Balaban J connectivity index is 0. The Morgan fingerprint density at radius 2 is 1.31 bits per heavy atom. The van der Waals surface area contributed by atoms with Crippen LogP contribution < -0.4 is 4.74 Å². The molecule has 13 heavy (non-hydrogen) atoms. The second-order valence-corrected chi connectivity index (χ2v) is 2.09. The summed E-state index contributed by atoms with van der Waals surface area (Å²) in [4.78, 5) is 0. The summed E-state index contributed by atoms with van der Waals surface area (Å²) < 4.78 is 4.91. The minimum Gasteiger partial charge on any atom is -0.497 e. The SMILES string of the molecule is CC.CC.COc1ccc(Cl)cc1. The fraction of sp³-hybridized carbons (Fsp3) is 0.455. The van der Waals surface area contributed by atoms with Gasteiger partial charge in [0.25, 0.3) is 0 Å². The smallest absolute Gasteiger partial charge is 0.118 e. The van der Waals surface area contributed by atoms with Gasteiger partial charge in [0.15, 0.2) is 0 Å². The molecule has 0 N–H and O–H groups in total. The number of benzene rings is 1. The van der Waals surface area contributed by atoms with Crippen LogP contribution in [0.25, 0.3) is 0 Å². The molecule has 0 spiro atoms. The number of methoxy groups -OCH3 is 1. The molecule has 1 aromatic rings. The first kappa shape index (κ1) is 14.8. The van der Waals surface area contributed by atoms with Crippen molar-refractivity contribution in [3.63, 3.8) is 0 Å². The Labute approximate surface area is 86.7 Å². The molecule has 0 saturated carbocycles. The van der Waals surface area contributed by atoms with Gasteiger partial charge in [-0.1, -0.05) is 39.3 Å². The van der Waals surface area contributed by atoms with Crippen LogP contribution in [0.2, 0.25) is 5.02 Å². The third-order valence-corrected chi connectivity index (χ3v) is 1.30. The maximum absolute atomic E-state index is 5.61. The Morgan fingerprint density at radius 1 is 0.923 bits per heavy atom. The van der Waals surface area contributed by atoms with Crippen molar-refractivity contribution in [3.8, 4) is 5.75 Å². The zero-order valence-corrected chi connectivity index (χ0v) is 9.85. The third-order valence-electron chi connectivity index (χ3n) is 1.05. The van der Waals surface area contributed by atoms with Gasteiger partial charge in [-0.05, 0) is 24.3 Å². The van der Waals surface area contributed by atoms with Crippen LogP contribution in [0.4, 0.5) is 0 Å². The van der Waals surface area contributed by atoms with Crippen LogP contribution in [-0.2, 0) is 0 Å². The van der Waals surface area contributed by atoms with Gasteiger partial charge in [-0.25, -0.2) is 0 Å². The zero-order chi connectivity index (χ0) is 10.7. The molecule has 0 amide bonds. The predicted molar refractivity (Wildman–Crippen MR) is 60.7 cm³/mol. The summed E-state index contributed by atoms with van der Waals surface area (Å²) >= 11 is 5.61. The summed E-state index contributed by atoms with van der Waals surface area (Å²) in [5.74, 6) is 0.833. The second kappa shape index (κ2) is 11.3. The number of hydrogen-bond acceptors (Lipinski definition) is 1. The van der Waals surface area contributed by atoms with Crippen LogP contribution in [0.3, 0.4) is 0 Å². The van der Waals surface area contributed by atoms with Gasteiger partial charge in [0.1, 0.15) is 5.75 Å². The number of hydrogen-bond donors (Lipinski definition) is 0. The molecule has 2 heteroatoms. The highest BCUT2D eigenvalue weighted by molar-refractivity contribution is 6.30. The molecule has 0 aromatic heterocycles. The van der Waals surface area contributed by atoms with E-state index in [-0.39, 0.29) is 0 Å². The number of rotatable bonds is 1. The molecule has 0 atom stereocenters. The molecule has 0 heterocycles. The minimum atomic E-state index is 0.732. The van der Waals surface area contributed by atoms with Crippen LogP contribution in [0.1, 0.15) is 27.7 Å². The molecule has 0 aliphatic heterocycles. The fourth-order valence-corrected chi connectivity index (χ4v) is 0.697. The summed E-state index contributed by atoms with van der Waals surface area (Å²) in [7, 11) is 1.63. The van der Waals surface area contributed by atoms with Crippen molar-refractivity contribution in [1.29, 1.82) is 0 Å². The molecule has 0 fully saturated rings. The lowest BCUT2D eigenvalue weighted by Crippen LogP contribution is -1.79. The van der Waals surface area contributed by atoms with Gasteiger partial charge in [-0.2, -0.15) is 0 Å². The van der Waals surface area contributed by atoms with E-state index in [9.17, 15) is 0 Å². The van der Waals surface area contributed by atoms with E-state index in [1.54, 1.807) is 19.2 Å². The first-order valence-electron chi connectivity index (χ1n) is 4.62. The van der Waals surface area contributed by atoms with Gasteiger partial charge in [-0.3, -0.25) is 0 Å². The van der Waals surface area contributed by atoms with E-state index in [4.69, 9.17) is 16.3 Å². The van der Waals surface area contributed by atoms with E-state index in [0.717, 1.165) is 10.8 Å². The summed E-state index contributed by atoms with van der Waals surface area (Å²) in [5, 5.41) is 0.732. The first-order valence-corrected chi connectivity index (χ1v) is 5.00. The van der Waals surface area contributed by atoms with Crippen molar-refractivity contribution in [2.45, 2.75) is 27.7 Å². The second-order valence-electron chi connectivity index (χ2n) is 1.66. The molecule has 1 aromatic carbocycles. The lowest BCUT2D eigenvalue weighted by atomic mass is 10.3. The quantitative estimate of drug-likeness (QED) is 0.656. The fourth-order valence-electron chi connectivity index (χ4n) is 0.571. The lowest BCUT2D eigenvalue weighted by molar-refractivity contribution is 0.415. The van der Waals surface area contributed by atoms with E-state index >= 15 is 0 Å². The molecular weight excluding hydrogens is 184 g/mol. The van der Waals surface area contributed by atoms with Gasteiger partial charge in [0.2, 0.25) is 0 Å². The van der Waals surface area contributed by atoms with Crippen LogP contribution in [0.5, 0.6) is 5.75 Å². The molecule has 0 radical (unpaired) electrons. The Hall–Kier alpha value is -0.690. The highest BCUT2D eigenvalue weighted by Crippen LogP contribution is 2.14. The normalized spacial score (nSPS) is 7.23. The van der Waals surface area contributed by atoms with E-state index in [2.05, 4.69) is 0 Å². The molecule has 0 aliphatic carbocycles. The van der Waals surface area contributed by atoms with E-state index in [1.165, 1.54) is 0 Å². The molecule has 0 bridgehead atoms. The maximum Gasteiger partial charge on any atom is 0.118 e. The predicted octanol–water partition coefficient (Wildman–Crippen LogP) is 4.40. The van der Waals surface area contributed by atoms with E-state index < -0.39 is 0 Å². The summed E-state index contributed by atoms with van der Waals surface area (Å²) in [6, 6.07) is 7.23.